The SMILES string of the molecule is CCOC(=O)N1CCC(NC(N)=NCCN2CCN(CC)CC2)CC1. The first-order chi connectivity index (χ1) is 12.1. The number of nitrogens with one attached hydrogen (secondary N) is 1. The Labute approximate surface area is 151 Å². The van der Waals surface area contributed by atoms with Crippen molar-refractivity contribution in [3.05, 3.63) is 0 Å². The van der Waals surface area contributed by atoms with Crippen molar-refractivity contribution in [2.24, 2.45) is 10.7 Å². The zero-order valence-electron chi connectivity index (χ0n) is 15.7. The predicted molar refractivity (Wildman–Crippen MR) is 99.8 cm³/mol. The molecule has 144 valence electrons. The second-order valence-electron chi connectivity index (χ2n) is 6.65. The van der Waals surface area contributed by atoms with E-state index in [0.29, 0.717) is 25.7 Å². The van der Waals surface area contributed by atoms with Crippen LogP contribution in [-0.2, 0) is 4.74 Å². The monoisotopic (exact) mass is 354 g/mol. The first kappa shape index (κ1) is 19.8. The number of nitrogens with zero attached hydrogens (tertiary/aromatic N) is 4. The summed E-state index contributed by atoms with van der Waals surface area (Å²) < 4.78 is 5.03. The molecule has 8 heteroatoms. The van der Waals surface area contributed by atoms with Gasteiger partial charge in [-0.2, -0.15) is 0 Å². The van der Waals surface area contributed by atoms with Gasteiger partial charge in [-0.05, 0) is 26.3 Å². The molecule has 25 heavy (non-hydrogen) atoms. The molecule has 2 heterocycles. The van der Waals surface area contributed by atoms with Crippen LogP contribution in [0.4, 0.5) is 4.79 Å². The maximum absolute atomic E-state index is 11.7. The first-order valence-corrected chi connectivity index (χ1v) is 9.55. The van der Waals surface area contributed by atoms with E-state index in [2.05, 4.69) is 27.0 Å². The molecule has 2 aliphatic rings. The number of hydrogen-bond donors (Lipinski definition) is 2. The standard InChI is InChI=1S/C17H34N6O2/c1-3-21-11-13-22(14-12-21)10-7-19-16(18)20-15-5-8-23(9-6-15)17(24)25-4-2/h15H,3-14H2,1-2H3,(H3,18,19,20). The van der Waals surface area contributed by atoms with Crippen LogP contribution in [0.25, 0.3) is 0 Å². The third-order valence-electron chi connectivity index (χ3n) is 4.98. The van der Waals surface area contributed by atoms with Gasteiger partial charge in [0.15, 0.2) is 5.96 Å². The summed E-state index contributed by atoms with van der Waals surface area (Å²) in [6.45, 7) is 13.2. The van der Waals surface area contributed by atoms with Crippen molar-refractivity contribution in [1.29, 1.82) is 0 Å². The molecule has 3 N–H and O–H groups in total. The van der Waals surface area contributed by atoms with Crippen LogP contribution >= 0.6 is 0 Å². The maximum atomic E-state index is 11.7. The van der Waals surface area contributed by atoms with E-state index in [1.165, 1.54) is 0 Å². The fraction of sp³-hybridized carbons (Fsp3) is 0.882. The zero-order valence-corrected chi connectivity index (χ0v) is 15.7. The van der Waals surface area contributed by atoms with E-state index in [1.54, 1.807) is 4.90 Å². The normalized spacial score (nSPS) is 21.4. The molecular weight excluding hydrogens is 320 g/mol. The second kappa shape index (κ2) is 10.5. The lowest BCUT2D eigenvalue weighted by atomic mass is 10.1. The van der Waals surface area contributed by atoms with Gasteiger partial charge in [0.2, 0.25) is 0 Å². The van der Waals surface area contributed by atoms with Gasteiger partial charge in [-0.25, -0.2) is 4.79 Å². The van der Waals surface area contributed by atoms with Crippen LogP contribution in [0.5, 0.6) is 0 Å². The Balaban J connectivity index is 1.61. The summed E-state index contributed by atoms with van der Waals surface area (Å²) in [6, 6.07) is 0.280. The molecule has 0 bridgehead atoms. The Bertz CT molecular complexity index is 429. The fourth-order valence-corrected chi connectivity index (χ4v) is 3.32. The van der Waals surface area contributed by atoms with Crippen molar-refractivity contribution in [3.63, 3.8) is 0 Å². The quantitative estimate of drug-likeness (QED) is 0.522. The molecule has 0 atom stereocenters. The molecule has 0 aromatic rings. The number of likely N-dealkylation sites (N-methyl/N-ethyl adjacent to an activating group) is 1. The Morgan fingerprint density at radius 2 is 1.76 bits per heavy atom. The number of carbonyl (C=O) groups excluding carboxylic acids is 1. The molecule has 0 aromatic heterocycles. The summed E-state index contributed by atoms with van der Waals surface area (Å²) in [5, 5.41) is 3.29. The number of guanidine groups is 1. The molecule has 0 spiro atoms. The highest BCUT2D eigenvalue weighted by Crippen LogP contribution is 2.11. The molecule has 0 aliphatic carbocycles. The van der Waals surface area contributed by atoms with Gasteiger partial charge in [0.25, 0.3) is 0 Å². The topological polar surface area (TPSA) is 86.4 Å². The predicted octanol–water partition coefficient (Wildman–Crippen LogP) is 0.149. The lowest BCUT2D eigenvalue weighted by Crippen LogP contribution is -2.49. The van der Waals surface area contributed by atoms with Gasteiger partial charge in [-0.15, -0.1) is 0 Å². The second-order valence-corrected chi connectivity index (χ2v) is 6.65. The lowest BCUT2D eigenvalue weighted by Gasteiger charge is -2.33. The number of nitrogens with two attached hydrogens (primary N) is 1. The van der Waals surface area contributed by atoms with Crippen molar-refractivity contribution in [1.82, 2.24) is 20.0 Å². The van der Waals surface area contributed by atoms with Gasteiger partial charge in [-0.3, -0.25) is 9.89 Å². The van der Waals surface area contributed by atoms with Crippen LogP contribution in [0.1, 0.15) is 26.7 Å². The van der Waals surface area contributed by atoms with Gasteiger partial charge >= 0.3 is 6.09 Å². The number of likely N-dealkylation sites (tertiary alicyclic amines) is 1. The summed E-state index contributed by atoms with van der Waals surface area (Å²) >= 11 is 0. The molecule has 0 aromatic carbocycles. The minimum absolute atomic E-state index is 0.217. The van der Waals surface area contributed by atoms with Crippen LogP contribution in [0, 0.1) is 0 Å². The summed E-state index contributed by atoms with van der Waals surface area (Å²) in [5.41, 5.74) is 6.01. The molecule has 0 radical (unpaired) electrons. The van der Waals surface area contributed by atoms with Gasteiger partial charge in [0, 0.05) is 51.9 Å². The Morgan fingerprint density at radius 1 is 1.12 bits per heavy atom. The third kappa shape index (κ3) is 6.70. The minimum Gasteiger partial charge on any atom is -0.450 e. The molecule has 2 aliphatic heterocycles. The van der Waals surface area contributed by atoms with E-state index in [1.807, 2.05) is 6.92 Å². The summed E-state index contributed by atoms with van der Waals surface area (Å²) in [5.74, 6) is 0.516. The van der Waals surface area contributed by atoms with E-state index >= 15 is 0 Å². The smallest absolute Gasteiger partial charge is 0.409 e. The van der Waals surface area contributed by atoms with Crippen molar-refractivity contribution >= 4 is 12.1 Å². The highest BCUT2D eigenvalue weighted by atomic mass is 16.6. The average Bonchev–Trinajstić information content (AvgIpc) is 2.63. The molecule has 2 rings (SSSR count). The number of piperidine rings is 1. The van der Waals surface area contributed by atoms with Crippen LogP contribution in [0.15, 0.2) is 4.99 Å². The number of rotatable bonds is 6. The van der Waals surface area contributed by atoms with Gasteiger partial charge in [-0.1, -0.05) is 6.92 Å². The van der Waals surface area contributed by atoms with E-state index in [9.17, 15) is 4.79 Å². The van der Waals surface area contributed by atoms with E-state index in [-0.39, 0.29) is 12.1 Å². The molecular formula is C17H34N6O2. The van der Waals surface area contributed by atoms with Gasteiger partial charge < -0.3 is 25.6 Å². The molecule has 2 saturated heterocycles. The highest BCUT2D eigenvalue weighted by molar-refractivity contribution is 5.78. The van der Waals surface area contributed by atoms with Crippen LogP contribution in [0.2, 0.25) is 0 Å². The number of amides is 1. The van der Waals surface area contributed by atoms with Gasteiger partial charge in [0.1, 0.15) is 0 Å². The van der Waals surface area contributed by atoms with Crippen molar-refractivity contribution in [2.75, 3.05) is 65.5 Å². The van der Waals surface area contributed by atoms with Crippen LogP contribution in [0.3, 0.4) is 0 Å². The summed E-state index contributed by atoms with van der Waals surface area (Å²) in [7, 11) is 0. The minimum atomic E-state index is -0.217. The van der Waals surface area contributed by atoms with Crippen molar-refractivity contribution < 1.29 is 9.53 Å². The van der Waals surface area contributed by atoms with Crippen LogP contribution in [-0.4, -0.2) is 98.3 Å². The summed E-state index contributed by atoms with van der Waals surface area (Å²) in [6.07, 6.45) is 1.52. The molecule has 8 nitrogen and oxygen atoms in total. The Morgan fingerprint density at radius 3 is 2.36 bits per heavy atom. The fourth-order valence-electron chi connectivity index (χ4n) is 3.32. The molecule has 2 fully saturated rings. The van der Waals surface area contributed by atoms with Crippen LogP contribution < -0.4 is 11.1 Å². The molecule has 0 unspecified atom stereocenters. The van der Waals surface area contributed by atoms with Crippen molar-refractivity contribution in [3.8, 4) is 0 Å². The van der Waals surface area contributed by atoms with E-state index in [0.717, 1.165) is 58.7 Å². The first-order valence-electron chi connectivity index (χ1n) is 9.55. The average molecular weight is 354 g/mol. The van der Waals surface area contributed by atoms with E-state index in [4.69, 9.17) is 10.5 Å². The Hall–Kier alpha value is -1.54. The molecule has 0 saturated carbocycles. The molecule has 1 amide bonds. The number of aliphatic imine (C=N–C) groups is 1. The highest BCUT2D eigenvalue weighted by Gasteiger charge is 2.23. The number of hydrogen-bond acceptors (Lipinski definition) is 5. The number of carbonyl (C=O) groups is 1. The maximum Gasteiger partial charge on any atom is 0.409 e. The van der Waals surface area contributed by atoms with E-state index < -0.39 is 0 Å². The Kier molecular flexibility index (Phi) is 8.27. The van der Waals surface area contributed by atoms with Crippen molar-refractivity contribution in [2.45, 2.75) is 32.7 Å². The van der Waals surface area contributed by atoms with Gasteiger partial charge in [0.05, 0.1) is 13.2 Å². The summed E-state index contributed by atoms with van der Waals surface area (Å²) in [4.78, 5) is 22.8. The zero-order chi connectivity index (χ0) is 18.1. The number of ether oxygens (including phenoxy) is 1. The largest absolute Gasteiger partial charge is 0.450 e. The number of piperazine rings is 1. The third-order valence-corrected chi connectivity index (χ3v) is 4.98. The lowest BCUT2D eigenvalue weighted by molar-refractivity contribution is 0.0963.